The van der Waals surface area contributed by atoms with Crippen LogP contribution in [0.3, 0.4) is 0 Å². The highest BCUT2D eigenvalue weighted by Crippen LogP contribution is 2.32. The molecule has 0 aliphatic rings. The van der Waals surface area contributed by atoms with E-state index in [1.165, 1.54) is 12.2 Å². The molecule has 3 aromatic carbocycles. The molecule has 0 bridgehead atoms. The predicted molar refractivity (Wildman–Crippen MR) is 154 cm³/mol. The van der Waals surface area contributed by atoms with Crippen LogP contribution in [0.5, 0.6) is 0 Å². The van der Waals surface area contributed by atoms with Crippen molar-refractivity contribution in [3.63, 3.8) is 0 Å². The van der Waals surface area contributed by atoms with Gasteiger partial charge in [-0.1, -0.05) is 46.9 Å². The summed E-state index contributed by atoms with van der Waals surface area (Å²) >= 11 is 23.9. The first-order valence-electron chi connectivity index (χ1n) is 11.0. The number of benzene rings is 3. The molecule has 6 nitrogen and oxygen atoms in total. The van der Waals surface area contributed by atoms with Gasteiger partial charge in [-0.3, -0.25) is 10.1 Å². The SMILES string of the molecule is O=C(/C=C/c1ccc(-c2ccc(Cl)cc2Cl)o1)NC(=S)Nc1ccc(Cl)c(-c2nc3ccccc3[nH]2)c1. The van der Waals surface area contributed by atoms with E-state index in [0.29, 0.717) is 49.2 Å². The number of thiocarbonyl (C=S) groups is 1. The van der Waals surface area contributed by atoms with Crippen molar-refractivity contribution in [2.75, 3.05) is 5.32 Å². The minimum absolute atomic E-state index is 0.126. The van der Waals surface area contributed by atoms with E-state index in [0.717, 1.165) is 11.0 Å². The number of H-pyrrole nitrogens is 1. The molecule has 1 amide bonds. The zero-order chi connectivity index (χ0) is 25.9. The van der Waals surface area contributed by atoms with E-state index in [9.17, 15) is 4.79 Å². The Labute approximate surface area is 232 Å². The molecule has 2 heterocycles. The number of aromatic amines is 1. The smallest absolute Gasteiger partial charge is 0.250 e. The Bertz CT molecular complexity index is 1640. The molecule has 0 aliphatic heterocycles. The number of nitrogens with zero attached hydrogens (tertiary/aromatic N) is 1. The van der Waals surface area contributed by atoms with Gasteiger partial charge < -0.3 is 14.7 Å². The topological polar surface area (TPSA) is 82.9 Å². The summed E-state index contributed by atoms with van der Waals surface area (Å²) in [5, 5.41) is 7.26. The van der Waals surface area contributed by atoms with Crippen molar-refractivity contribution in [3.8, 4) is 22.7 Å². The number of carbonyl (C=O) groups is 1. The van der Waals surface area contributed by atoms with Crippen molar-refractivity contribution in [1.29, 1.82) is 0 Å². The Balaban J connectivity index is 1.23. The fourth-order valence-corrected chi connectivity index (χ4v) is 4.54. The molecule has 0 aliphatic carbocycles. The number of para-hydroxylation sites is 2. The van der Waals surface area contributed by atoms with Crippen LogP contribution < -0.4 is 10.6 Å². The van der Waals surface area contributed by atoms with Crippen LogP contribution >= 0.6 is 47.0 Å². The van der Waals surface area contributed by atoms with Crippen LogP contribution in [0.4, 0.5) is 5.69 Å². The summed E-state index contributed by atoms with van der Waals surface area (Å²) < 4.78 is 5.77. The lowest BCUT2D eigenvalue weighted by atomic mass is 10.2. The van der Waals surface area contributed by atoms with E-state index >= 15 is 0 Å². The number of furan rings is 1. The van der Waals surface area contributed by atoms with Gasteiger partial charge in [-0.2, -0.15) is 0 Å². The van der Waals surface area contributed by atoms with E-state index in [-0.39, 0.29) is 5.11 Å². The number of imidazole rings is 1. The summed E-state index contributed by atoms with van der Waals surface area (Å²) in [6, 6.07) is 21.6. The molecule has 0 spiro atoms. The number of fused-ring (bicyclic) bond motifs is 1. The molecule has 0 atom stereocenters. The third kappa shape index (κ3) is 5.87. The number of nitrogens with one attached hydrogen (secondary N) is 3. The number of carbonyl (C=O) groups excluding carboxylic acids is 1. The predicted octanol–water partition coefficient (Wildman–Crippen LogP) is 7.98. The van der Waals surface area contributed by atoms with Crippen molar-refractivity contribution < 1.29 is 9.21 Å². The second-order valence-corrected chi connectivity index (χ2v) is 9.56. The molecule has 0 saturated heterocycles. The second-order valence-electron chi connectivity index (χ2n) is 7.90. The van der Waals surface area contributed by atoms with Gasteiger partial charge in [0.1, 0.15) is 17.3 Å². The van der Waals surface area contributed by atoms with Gasteiger partial charge in [-0.05, 0) is 79.0 Å². The van der Waals surface area contributed by atoms with Crippen molar-refractivity contribution in [3.05, 3.63) is 99.7 Å². The van der Waals surface area contributed by atoms with Crippen LogP contribution in [0.25, 0.3) is 39.8 Å². The summed E-state index contributed by atoms with van der Waals surface area (Å²) in [4.78, 5) is 20.2. The molecule has 0 unspecified atom stereocenters. The molecule has 5 rings (SSSR count). The molecule has 0 radical (unpaired) electrons. The molecule has 184 valence electrons. The first-order valence-corrected chi connectivity index (χ1v) is 12.5. The number of hydrogen-bond donors (Lipinski definition) is 3. The van der Waals surface area contributed by atoms with Gasteiger partial charge >= 0.3 is 0 Å². The average molecular weight is 568 g/mol. The number of anilines is 1. The highest BCUT2D eigenvalue weighted by atomic mass is 35.5. The van der Waals surface area contributed by atoms with Crippen molar-refractivity contribution in [1.82, 2.24) is 15.3 Å². The van der Waals surface area contributed by atoms with Crippen LogP contribution in [-0.2, 0) is 4.79 Å². The Morgan fingerprint density at radius 1 is 0.946 bits per heavy atom. The summed E-state index contributed by atoms with van der Waals surface area (Å²) in [5.41, 5.74) is 3.78. The van der Waals surface area contributed by atoms with Crippen molar-refractivity contribution >= 4 is 80.8 Å². The maximum atomic E-state index is 12.4. The molecule has 5 aromatic rings. The number of hydrogen-bond acceptors (Lipinski definition) is 4. The standard InChI is InChI=1S/C27H17Cl3N4O2S/c28-15-5-9-18(21(30)13-15)24-11-7-17(36-24)8-12-25(35)34-27(37)31-16-6-10-20(29)19(14-16)26-32-22-3-1-2-4-23(22)33-26/h1-14H,(H,32,33)(H2,31,34,35,37)/b12-8+. The van der Waals surface area contributed by atoms with Gasteiger partial charge in [0.05, 0.1) is 21.1 Å². The monoisotopic (exact) mass is 566 g/mol. The largest absolute Gasteiger partial charge is 0.457 e. The molecule has 2 aromatic heterocycles. The fraction of sp³-hybridized carbons (Fsp3) is 0. The lowest BCUT2D eigenvalue weighted by Crippen LogP contribution is -2.32. The quantitative estimate of drug-likeness (QED) is 0.148. The summed E-state index contributed by atoms with van der Waals surface area (Å²) in [7, 11) is 0. The van der Waals surface area contributed by atoms with Crippen LogP contribution in [0, 0.1) is 0 Å². The van der Waals surface area contributed by atoms with Gasteiger partial charge in [-0.15, -0.1) is 0 Å². The Morgan fingerprint density at radius 2 is 1.78 bits per heavy atom. The van der Waals surface area contributed by atoms with Gasteiger partial charge in [0.2, 0.25) is 5.91 Å². The van der Waals surface area contributed by atoms with Crippen LogP contribution in [0.1, 0.15) is 5.76 Å². The molecule has 37 heavy (non-hydrogen) atoms. The van der Waals surface area contributed by atoms with E-state index in [2.05, 4.69) is 20.6 Å². The zero-order valence-corrected chi connectivity index (χ0v) is 22.0. The number of amides is 1. The second kappa shape index (κ2) is 10.8. The number of rotatable bonds is 5. The van der Waals surface area contributed by atoms with Crippen LogP contribution in [-0.4, -0.2) is 21.0 Å². The van der Waals surface area contributed by atoms with E-state index < -0.39 is 5.91 Å². The van der Waals surface area contributed by atoms with Gasteiger partial charge in [0.15, 0.2) is 5.11 Å². The van der Waals surface area contributed by atoms with Crippen molar-refractivity contribution in [2.24, 2.45) is 0 Å². The third-order valence-corrected chi connectivity index (χ3v) is 6.41. The molecular weight excluding hydrogens is 551 g/mol. The van der Waals surface area contributed by atoms with E-state index in [1.54, 1.807) is 48.5 Å². The lowest BCUT2D eigenvalue weighted by molar-refractivity contribution is -0.115. The lowest BCUT2D eigenvalue weighted by Gasteiger charge is -2.10. The Morgan fingerprint density at radius 3 is 2.59 bits per heavy atom. The number of halogens is 3. The molecule has 0 saturated carbocycles. The van der Waals surface area contributed by atoms with E-state index in [4.69, 9.17) is 51.4 Å². The molecule has 3 N–H and O–H groups in total. The maximum absolute atomic E-state index is 12.4. The fourth-order valence-electron chi connectivity index (χ4n) is 3.62. The minimum atomic E-state index is -0.425. The van der Waals surface area contributed by atoms with Crippen molar-refractivity contribution in [2.45, 2.75) is 0 Å². The van der Waals surface area contributed by atoms with Gasteiger partial charge in [0, 0.05) is 27.9 Å². The average Bonchev–Trinajstić information content (AvgIpc) is 3.51. The highest BCUT2D eigenvalue weighted by molar-refractivity contribution is 7.80. The first kappa shape index (κ1) is 25.0. The first-order chi connectivity index (χ1) is 17.9. The van der Waals surface area contributed by atoms with Crippen LogP contribution in [0.15, 0.2) is 83.3 Å². The summed E-state index contributed by atoms with van der Waals surface area (Å²) in [6.07, 6.45) is 2.86. The third-order valence-electron chi connectivity index (χ3n) is 5.33. The summed E-state index contributed by atoms with van der Waals surface area (Å²) in [6.45, 7) is 0. The Hall–Kier alpha value is -3.62. The molecule has 10 heteroatoms. The molecular formula is C27H17Cl3N4O2S. The van der Waals surface area contributed by atoms with E-state index in [1.807, 2.05) is 24.3 Å². The normalized spacial score (nSPS) is 11.2. The number of aromatic nitrogens is 2. The zero-order valence-electron chi connectivity index (χ0n) is 18.9. The molecule has 0 fully saturated rings. The van der Waals surface area contributed by atoms with Gasteiger partial charge in [0.25, 0.3) is 0 Å². The minimum Gasteiger partial charge on any atom is -0.457 e. The maximum Gasteiger partial charge on any atom is 0.250 e. The highest BCUT2D eigenvalue weighted by Gasteiger charge is 2.12. The summed E-state index contributed by atoms with van der Waals surface area (Å²) in [5.74, 6) is 1.24. The Kier molecular flexibility index (Phi) is 7.30. The van der Waals surface area contributed by atoms with Crippen LogP contribution in [0.2, 0.25) is 15.1 Å². The van der Waals surface area contributed by atoms with Gasteiger partial charge in [-0.25, -0.2) is 4.98 Å².